The molecule has 1 N–H and O–H groups in total. The summed E-state index contributed by atoms with van der Waals surface area (Å²) in [5.74, 6) is 2.74. The fourth-order valence-corrected chi connectivity index (χ4v) is 9.81. The lowest BCUT2D eigenvalue weighted by Crippen LogP contribution is -2.15. The van der Waals surface area contributed by atoms with Crippen LogP contribution in [0.1, 0.15) is 230 Å². The molecule has 1 aliphatic heterocycles. The minimum absolute atomic E-state index is 0.0560. The topological polar surface area (TPSA) is 46.2 Å². The van der Waals surface area contributed by atoms with Crippen molar-refractivity contribution in [2.45, 2.75) is 197 Å². The predicted molar refractivity (Wildman–Crippen MR) is 285 cm³/mol. The second kappa shape index (κ2) is 24.3. The zero-order valence-electron chi connectivity index (χ0n) is 44.0. The largest absolute Gasteiger partial charge is 0.348 e. The van der Waals surface area contributed by atoms with Gasteiger partial charge in [0.15, 0.2) is 5.78 Å². The molecule has 356 valence electrons. The third-order valence-corrected chi connectivity index (χ3v) is 13.8. The van der Waals surface area contributed by atoms with Crippen LogP contribution in [0.5, 0.6) is 0 Å². The first-order valence-electron chi connectivity index (χ1n) is 25.6. The van der Waals surface area contributed by atoms with Gasteiger partial charge in [-0.2, -0.15) is 0 Å². The molecule has 0 spiro atoms. The highest BCUT2D eigenvalue weighted by molar-refractivity contribution is 5.99. The van der Waals surface area contributed by atoms with Crippen LogP contribution in [0.4, 0.5) is 0 Å². The van der Waals surface area contributed by atoms with Crippen molar-refractivity contribution in [1.82, 2.24) is 5.32 Å². The van der Waals surface area contributed by atoms with Crippen molar-refractivity contribution in [3.63, 3.8) is 0 Å². The predicted octanol–water partition coefficient (Wildman–Crippen LogP) is 17.0. The molecule has 5 aromatic rings. The van der Waals surface area contributed by atoms with Gasteiger partial charge in [0.1, 0.15) is 0 Å². The number of carbonyl (C=O) groups is 2. The smallest absolute Gasteiger partial charge is 0.251 e. The highest BCUT2D eigenvalue weighted by Gasteiger charge is 2.31. The molecule has 5 aliphatic rings. The number of hydrogen-bond donors (Lipinski definition) is 1. The molecule has 3 heteroatoms. The van der Waals surface area contributed by atoms with Gasteiger partial charge < -0.3 is 5.32 Å². The Morgan fingerprint density at radius 3 is 1.35 bits per heavy atom. The maximum absolute atomic E-state index is 11.6. The monoisotopic (exact) mass is 890 g/mol. The van der Waals surface area contributed by atoms with E-state index in [1.54, 1.807) is 33.4 Å². The molecule has 3 nitrogen and oxygen atoms in total. The van der Waals surface area contributed by atoms with Crippen LogP contribution in [-0.2, 0) is 43.1 Å². The van der Waals surface area contributed by atoms with Gasteiger partial charge in [-0.25, -0.2) is 0 Å². The third-order valence-electron chi connectivity index (χ3n) is 13.8. The molecule has 1 amide bonds. The number of hydrogen-bond acceptors (Lipinski definition) is 2. The molecule has 10 rings (SSSR count). The Kier molecular flexibility index (Phi) is 19.8. The molecule has 0 saturated carbocycles. The van der Waals surface area contributed by atoms with E-state index >= 15 is 0 Å². The molecule has 0 aromatic heterocycles. The first-order chi connectivity index (χ1) is 31.3. The minimum atomic E-state index is 0.0560. The number of fused-ring (bicyclic) bond motifs is 5. The SMILES string of the molecule is CC.CC.CC(C)(C)C1CCc2ccccc21.CC(C)(C)c1ccc2c(c1)CCCC2=O.CC(C)(C)c1ccc2c(c1)CNC2=O.C[C@@H]1CCc2ccccc21.C[C@H]1CCc2ccccc21. The fraction of sp³-hybridized carbons (Fsp3) is 0.492. The summed E-state index contributed by atoms with van der Waals surface area (Å²) in [6.07, 6.45) is 10.7. The number of nitrogens with one attached hydrogen (secondary N) is 1. The van der Waals surface area contributed by atoms with E-state index in [-0.39, 0.29) is 16.7 Å². The van der Waals surface area contributed by atoms with Crippen LogP contribution in [0, 0.1) is 5.41 Å². The molecular formula is C63H87NO2. The first kappa shape index (κ1) is 53.9. The van der Waals surface area contributed by atoms with E-state index in [1.807, 2.05) is 45.9 Å². The number of amides is 1. The molecule has 3 atom stereocenters. The highest BCUT2D eigenvalue weighted by atomic mass is 16.2. The lowest BCUT2D eigenvalue weighted by atomic mass is 9.77. The van der Waals surface area contributed by atoms with E-state index in [9.17, 15) is 9.59 Å². The molecule has 0 radical (unpaired) electrons. The van der Waals surface area contributed by atoms with E-state index in [0.717, 1.165) is 53.7 Å². The van der Waals surface area contributed by atoms with Crippen LogP contribution >= 0.6 is 0 Å². The summed E-state index contributed by atoms with van der Waals surface area (Å²) in [7, 11) is 0. The zero-order valence-corrected chi connectivity index (χ0v) is 44.0. The van der Waals surface area contributed by atoms with E-state index < -0.39 is 0 Å². The second-order valence-corrected chi connectivity index (χ2v) is 21.6. The Balaban J connectivity index is 0.000000178. The van der Waals surface area contributed by atoms with Gasteiger partial charge in [-0.3, -0.25) is 9.59 Å². The van der Waals surface area contributed by atoms with Crippen molar-refractivity contribution in [1.29, 1.82) is 0 Å². The van der Waals surface area contributed by atoms with Crippen LogP contribution in [-0.4, -0.2) is 11.7 Å². The maximum atomic E-state index is 11.6. The normalized spacial score (nSPS) is 18.3. The van der Waals surface area contributed by atoms with Gasteiger partial charge in [0.2, 0.25) is 0 Å². The van der Waals surface area contributed by atoms with Gasteiger partial charge in [-0.05, 0) is 147 Å². The van der Waals surface area contributed by atoms with Crippen molar-refractivity contribution in [3.8, 4) is 0 Å². The molecule has 66 heavy (non-hydrogen) atoms. The third kappa shape index (κ3) is 14.4. The average Bonchev–Trinajstić information content (AvgIpc) is 4.11. The van der Waals surface area contributed by atoms with Gasteiger partial charge in [0.05, 0.1) is 0 Å². The molecule has 5 aromatic carbocycles. The average molecular weight is 890 g/mol. The Labute approximate surface area is 403 Å². The Hall–Kier alpha value is -4.76. The molecule has 0 saturated heterocycles. The quantitative estimate of drug-likeness (QED) is 0.168. The Morgan fingerprint density at radius 1 is 0.455 bits per heavy atom. The summed E-state index contributed by atoms with van der Waals surface area (Å²) < 4.78 is 0. The van der Waals surface area contributed by atoms with Gasteiger partial charge in [-0.15, -0.1) is 0 Å². The minimum Gasteiger partial charge on any atom is -0.348 e. The van der Waals surface area contributed by atoms with Crippen LogP contribution in [0.15, 0.2) is 109 Å². The van der Waals surface area contributed by atoms with E-state index in [1.165, 1.54) is 55.2 Å². The summed E-state index contributed by atoms with van der Waals surface area (Å²) in [6.45, 7) is 33.5. The van der Waals surface area contributed by atoms with Gasteiger partial charge >= 0.3 is 0 Å². The van der Waals surface area contributed by atoms with Crippen LogP contribution in [0.2, 0.25) is 0 Å². The van der Waals surface area contributed by atoms with E-state index in [4.69, 9.17) is 0 Å². The number of aryl methyl sites for hydroxylation is 4. The van der Waals surface area contributed by atoms with Gasteiger partial charge in [0, 0.05) is 24.1 Å². The molecule has 0 fully saturated rings. The van der Waals surface area contributed by atoms with Crippen molar-refractivity contribution in [2.75, 3.05) is 0 Å². The van der Waals surface area contributed by atoms with Crippen LogP contribution in [0.25, 0.3) is 0 Å². The van der Waals surface area contributed by atoms with Crippen molar-refractivity contribution >= 4 is 11.7 Å². The lowest BCUT2D eigenvalue weighted by Gasteiger charge is -2.27. The summed E-state index contributed by atoms with van der Waals surface area (Å²) in [5.41, 5.74) is 17.0. The fourth-order valence-electron chi connectivity index (χ4n) is 9.81. The van der Waals surface area contributed by atoms with Gasteiger partial charge in [-0.1, -0.05) is 207 Å². The highest BCUT2D eigenvalue weighted by Crippen LogP contribution is 2.44. The standard InChI is InChI=1S/C14H18O.C13H18.C12H15NO.2C10H12.2C2H6/c1-14(2,3)11-7-8-12-10(9-11)5-4-6-13(12)15;1-13(2,3)12-9-8-10-6-4-5-7-11(10)12;1-12(2,3)9-4-5-10-8(6-9)7-13-11(10)14;2*1-8-6-7-9-4-2-3-5-10(8)9;2*1-2/h7-9H,4-6H2,1-3H3;4-7,12H,8-9H2,1-3H3;4-6H,7H2,1-3H3,(H,13,14);2*2-5,8H,6-7H2,1H3;2*1-2H3/t;;;2*8-;;/m...10../s1. The van der Waals surface area contributed by atoms with Crippen molar-refractivity contribution in [2.24, 2.45) is 5.41 Å². The number of benzene rings is 5. The Morgan fingerprint density at radius 2 is 0.879 bits per heavy atom. The summed E-state index contributed by atoms with van der Waals surface area (Å²) >= 11 is 0. The zero-order chi connectivity index (χ0) is 48.8. The molecule has 1 heterocycles. The van der Waals surface area contributed by atoms with Crippen molar-refractivity contribution < 1.29 is 9.59 Å². The number of carbonyl (C=O) groups excluding carboxylic acids is 2. The molecular weight excluding hydrogens is 803 g/mol. The number of Topliss-reactive ketones (excluding diaryl/α,β-unsaturated/α-hetero) is 1. The lowest BCUT2D eigenvalue weighted by molar-refractivity contribution is 0.0960. The van der Waals surface area contributed by atoms with Crippen LogP contribution < -0.4 is 5.32 Å². The molecule has 1 unspecified atom stereocenters. The Bertz CT molecular complexity index is 2270. The number of rotatable bonds is 0. The molecule has 0 bridgehead atoms. The number of ketones is 1. The molecule has 4 aliphatic carbocycles. The maximum Gasteiger partial charge on any atom is 0.251 e. The van der Waals surface area contributed by atoms with Gasteiger partial charge in [0.25, 0.3) is 5.91 Å². The summed E-state index contributed by atoms with van der Waals surface area (Å²) in [5, 5.41) is 2.82. The first-order valence-corrected chi connectivity index (χ1v) is 25.6. The second-order valence-electron chi connectivity index (χ2n) is 21.6. The van der Waals surface area contributed by atoms with Crippen LogP contribution in [0.3, 0.4) is 0 Å². The van der Waals surface area contributed by atoms with Crippen molar-refractivity contribution in [3.05, 3.63) is 176 Å². The summed E-state index contributed by atoms with van der Waals surface area (Å²) in [4.78, 5) is 23.0. The van der Waals surface area contributed by atoms with E-state index in [2.05, 4.69) is 172 Å². The van der Waals surface area contributed by atoms with E-state index in [0.29, 0.717) is 17.7 Å². The summed E-state index contributed by atoms with van der Waals surface area (Å²) in [6, 6.07) is 38.9.